The second kappa shape index (κ2) is 4.77. The average Bonchev–Trinajstić information content (AvgIpc) is 2.74. The monoisotopic (exact) mass is 283 g/mol. The van der Waals surface area contributed by atoms with Gasteiger partial charge in [0.05, 0.1) is 12.8 Å². The maximum atomic E-state index is 11.9. The Morgan fingerprint density at radius 2 is 2.05 bits per heavy atom. The van der Waals surface area contributed by atoms with Gasteiger partial charge in [0.15, 0.2) is 0 Å². The van der Waals surface area contributed by atoms with Crippen molar-refractivity contribution in [2.45, 2.75) is 13.5 Å². The lowest BCUT2D eigenvalue weighted by atomic mass is 10.0. The zero-order valence-electron chi connectivity index (χ0n) is 12.3. The molecule has 0 spiro atoms. The number of benzene rings is 1. The van der Waals surface area contributed by atoms with Gasteiger partial charge in [0.2, 0.25) is 0 Å². The number of hydrogen-bond acceptors (Lipinski definition) is 4. The first kappa shape index (κ1) is 13.4. The Labute approximate surface area is 123 Å². The summed E-state index contributed by atoms with van der Waals surface area (Å²) < 4.78 is 5.31. The molecule has 5 nitrogen and oxygen atoms in total. The number of rotatable bonds is 2. The molecule has 0 bridgehead atoms. The maximum absolute atomic E-state index is 11.9. The number of hydrogen-bond donors (Lipinski definition) is 1. The molecule has 3 rings (SSSR count). The summed E-state index contributed by atoms with van der Waals surface area (Å²) in [5, 5.41) is 0. The summed E-state index contributed by atoms with van der Waals surface area (Å²) >= 11 is 0. The van der Waals surface area contributed by atoms with Gasteiger partial charge in [-0.25, -0.2) is 4.98 Å². The summed E-state index contributed by atoms with van der Waals surface area (Å²) in [6, 6.07) is 7.64. The standard InChI is InChI=1S/C16H17N3O2/c1-9-14(21-3)7-13(15(17)18-9)10-4-5-12-11(6-10)8-19(2)16(12)20/h4-7H,8H2,1-3H3,(H2,17,18). The van der Waals surface area contributed by atoms with E-state index >= 15 is 0 Å². The highest BCUT2D eigenvalue weighted by Gasteiger charge is 2.24. The molecule has 1 amide bonds. The number of carbonyl (C=O) groups is 1. The molecule has 1 aromatic heterocycles. The molecule has 108 valence electrons. The van der Waals surface area contributed by atoms with Gasteiger partial charge in [-0.15, -0.1) is 0 Å². The average molecular weight is 283 g/mol. The van der Waals surface area contributed by atoms with Crippen molar-refractivity contribution in [2.75, 3.05) is 19.9 Å². The third-order valence-electron chi connectivity index (χ3n) is 3.82. The number of anilines is 1. The fraction of sp³-hybridized carbons (Fsp3) is 0.250. The fourth-order valence-electron chi connectivity index (χ4n) is 2.68. The van der Waals surface area contributed by atoms with Crippen molar-refractivity contribution in [1.82, 2.24) is 9.88 Å². The van der Waals surface area contributed by atoms with Crippen LogP contribution < -0.4 is 10.5 Å². The lowest BCUT2D eigenvalue weighted by molar-refractivity contribution is 0.0816. The molecule has 2 aromatic rings. The van der Waals surface area contributed by atoms with Gasteiger partial charge in [0.25, 0.3) is 5.91 Å². The number of nitrogens with zero attached hydrogens (tertiary/aromatic N) is 2. The van der Waals surface area contributed by atoms with Gasteiger partial charge in [0, 0.05) is 24.7 Å². The van der Waals surface area contributed by atoms with Gasteiger partial charge in [0.1, 0.15) is 11.6 Å². The normalized spacial score (nSPS) is 13.5. The maximum Gasteiger partial charge on any atom is 0.254 e. The van der Waals surface area contributed by atoms with E-state index in [0.29, 0.717) is 18.1 Å². The number of amides is 1. The number of nitrogen functional groups attached to an aromatic ring is 1. The van der Waals surface area contributed by atoms with Gasteiger partial charge >= 0.3 is 0 Å². The molecule has 0 atom stereocenters. The first-order valence-corrected chi connectivity index (χ1v) is 6.71. The molecule has 1 aliphatic rings. The Morgan fingerprint density at radius 3 is 2.76 bits per heavy atom. The Kier molecular flexibility index (Phi) is 3.05. The molecule has 0 radical (unpaired) electrons. The lowest BCUT2D eigenvalue weighted by Gasteiger charge is -2.11. The van der Waals surface area contributed by atoms with Crippen LogP contribution in [0.5, 0.6) is 5.75 Å². The van der Waals surface area contributed by atoms with Crippen LogP contribution in [0.2, 0.25) is 0 Å². The van der Waals surface area contributed by atoms with Gasteiger partial charge in [-0.1, -0.05) is 6.07 Å². The van der Waals surface area contributed by atoms with E-state index < -0.39 is 0 Å². The van der Waals surface area contributed by atoms with E-state index in [1.807, 2.05) is 31.2 Å². The lowest BCUT2D eigenvalue weighted by Crippen LogP contribution is -2.17. The summed E-state index contributed by atoms with van der Waals surface area (Å²) in [5.74, 6) is 1.22. The van der Waals surface area contributed by atoms with Crippen LogP contribution in [0.1, 0.15) is 21.6 Å². The predicted octanol–water partition coefficient (Wildman–Crippen LogP) is 2.23. The molecule has 2 heterocycles. The summed E-state index contributed by atoms with van der Waals surface area (Å²) in [6.07, 6.45) is 0. The highest BCUT2D eigenvalue weighted by molar-refractivity contribution is 5.99. The molecular formula is C16H17N3O2. The minimum Gasteiger partial charge on any atom is -0.495 e. The van der Waals surface area contributed by atoms with E-state index in [-0.39, 0.29) is 5.91 Å². The Hall–Kier alpha value is -2.56. The second-order valence-corrected chi connectivity index (χ2v) is 5.24. The number of aryl methyl sites for hydroxylation is 1. The molecule has 1 aliphatic heterocycles. The van der Waals surface area contributed by atoms with Crippen molar-refractivity contribution >= 4 is 11.7 Å². The Morgan fingerprint density at radius 1 is 1.29 bits per heavy atom. The van der Waals surface area contributed by atoms with Gasteiger partial charge in [-0.05, 0) is 36.2 Å². The Bertz CT molecular complexity index is 741. The van der Waals surface area contributed by atoms with Crippen LogP contribution in [0, 0.1) is 6.92 Å². The first-order valence-electron chi connectivity index (χ1n) is 6.71. The highest BCUT2D eigenvalue weighted by atomic mass is 16.5. The molecule has 0 unspecified atom stereocenters. The van der Waals surface area contributed by atoms with E-state index in [4.69, 9.17) is 10.5 Å². The number of fused-ring (bicyclic) bond motifs is 1. The van der Waals surface area contributed by atoms with E-state index in [1.54, 1.807) is 19.1 Å². The van der Waals surface area contributed by atoms with Crippen molar-refractivity contribution in [3.63, 3.8) is 0 Å². The number of pyridine rings is 1. The molecule has 1 aromatic carbocycles. The molecule has 0 saturated carbocycles. The predicted molar refractivity (Wildman–Crippen MR) is 81.2 cm³/mol. The van der Waals surface area contributed by atoms with Crippen molar-refractivity contribution in [1.29, 1.82) is 0 Å². The van der Waals surface area contributed by atoms with Crippen LogP contribution in [-0.4, -0.2) is 29.9 Å². The fourth-order valence-corrected chi connectivity index (χ4v) is 2.68. The molecule has 21 heavy (non-hydrogen) atoms. The van der Waals surface area contributed by atoms with Crippen LogP contribution >= 0.6 is 0 Å². The number of carbonyl (C=O) groups excluding carboxylic acids is 1. The molecule has 0 fully saturated rings. The van der Waals surface area contributed by atoms with Crippen molar-refractivity contribution < 1.29 is 9.53 Å². The summed E-state index contributed by atoms with van der Waals surface area (Å²) in [7, 11) is 3.41. The van der Waals surface area contributed by atoms with Crippen LogP contribution in [0.4, 0.5) is 5.82 Å². The third kappa shape index (κ3) is 2.11. The zero-order chi connectivity index (χ0) is 15.1. The van der Waals surface area contributed by atoms with Gasteiger partial charge in [-0.3, -0.25) is 4.79 Å². The second-order valence-electron chi connectivity index (χ2n) is 5.24. The molecular weight excluding hydrogens is 266 g/mol. The van der Waals surface area contributed by atoms with Crippen LogP contribution in [0.15, 0.2) is 24.3 Å². The quantitative estimate of drug-likeness (QED) is 0.917. The summed E-state index contributed by atoms with van der Waals surface area (Å²) in [5.41, 5.74) is 10.3. The highest BCUT2D eigenvalue weighted by Crippen LogP contribution is 2.33. The molecule has 2 N–H and O–H groups in total. The van der Waals surface area contributed by atoms with Crippen molar-refractivity contribution in [2.24, 2.45) is 0 Å². The van der Waals surface area contributed by atoms with Crippen LogP contribution in [-0.2, 0) is 6.54 Å². The number of nitrogens with two attached hydrogens (primary N) is 1. The van der Waals surface area contributed by atoms with E-state index in [1.165, 1.54) is 0 Å². The molecule has 5 heteroatoms. The molecule has 0 saturated heterocycles. The smallest absolute Gasteiger partial charge is 0.254 e. The van der Waals surface area contributed by atoms with E-state index in [2.05, 4.69) is 4.98 Å². The van der Waals surface area contributed by atoms with Crippen LogP contribution in [0.25, 0.3) is 11.1 Å². The van der Waals surface area contributed by atoms with Crippen LogP contribution in [0.3, 0.4) is 0 Å². The van der Waals surface area contributed by atoms with E-state index in [0.717, 1.165) is 27.9 Å². The number of aromatic nitrogens is 1. The van der Waals surface area contributed by atoms with Gasteiger partial charge in [-0.2, -0.15) is 0 Å². The largest absolute Gasteiger partial charge is 0.495 e. The Balaban J connectivity index is 2.11. The zero-order valence-corrected chi connectivity index (χ0v) is 12.3. The SMILES string of the molecule is COc1cc(-c2ccc3c(c2)CN(C)C3=O)c(N)nc1C. The van der Waals surface area contributed by atoms with Crippen molar-refractivity contribution in [3.8, 4) is 16.9 Å². The summed E-state index contributed by atoms with van der Waals surface area (Å²) in [6.45, 7) is 2.48. The number of ether oxygens (including phenoxy) is 1. The topological polar surface area (TPSA) is 68.5 Å². The minimum absolute atomic E-state index is 0.0594. The van der Waals surface area contributed by atoms with Gasteiger partial charge < -0.3 is 15.4 Å². The first-order chi connectivity index (χ1) is 10.0. The summed E-state index contributed by atoms with van der Waals surface area (Å²) in [4.78, 5) is 17.9. The third-order valence-corrected chi connectivity index (χ3v) is 3.82. The minimum atomic E-state index is 0.0594. The molecule has 0 aliphatic carbocycles. The number of methoxy groups -OCH3 is 1. The van der Waals surface area contributed by atoms with E-state index in [9.17, 15) is 4.79 Å². The van der Waals surface area contributed by atoms with Crippen molar-refractivity contribution in [3.05, 3.63) is 41.1 Å².